The molecule has 0 aliphatic rings. The first-order valence-electron chi connectivity index (χ1n) is 6.98. The first-order valence-corrected chi connectivity index (χ1v) is 6.98. The number of amides is 1. The Kier molecular flexibility index (Phi) is 5.19. The summed E-state index contributed by atoms with van der Waals surface area (Å²) in [4.78, 5) is 11.9. The zero-order valence-corrected chi connectivity index (χ0v) is 12.9. The summed E-state index contributed by atoms with van der Waals surface area (Å²) in [5, 5.41) is 22.9. The van der Waals surface area contributed by atoms with Crippen molar-refractivity contribution in [3.63, 3.8) is 0 Å². The molecule has 0 unspecified atom stereocenters. The van der Waals surface area contributed by atoms with Crippen molar-refractivity contribution in [3.05, 3.63) is 53.6 Å². The molecule has 0 spiro atoms. The van der Waals surface area contributed by atoms with E-state index < -0.39 is 0 Å². The van der Waals surface area contributed by atoms with E-state index in [9.17, 15) is 15.0 Å². The van der Waals surface area contributed by atoms with Crippen LogP contribution in [0.1, 0.15) is 18.1 Å². The number of phenolic OH excluding ortho intramolecular Hbond substituents is 2. The standard InChI is InChI=1S/C17H18N2O4/c1-11(15-7-6-14(21)10-16(15)23-2)18-19-17(22)9-12-4-3-5-13(20)8-12/h3-8,10,20-21H,9H2,1-2H3,(H,19,22). The van der Waals surface area contributed by atoms with Crippen molar-refractivity contribution < 1.29 is 19.7 Å². The van der Waals surface area contributed by atoms with Gasteiger partial charge in [0.25, 0.3) is 0 Å². The summed E-state index contributed by atoms with van der Waals surface area (Å²) in [6.07, 6.45) is 0.109. The third kappa shape index (κ3) is 4.47. The van der Waals surface area contributed by atoms with Gasteiger partial charge in [0, 0.05) is 11.6 Å². The Labute approximate surface area is 134 Å². The zero-order valence-electron chi connectivity index (χ0n) is 12.9. The average molecular weight is 314 g/mol. The predicted molar refractivity (Wildman–Crippen MR) is 86.8 cm³/mol. The summed E-state index contributed by atoms with van der Waals surface area (Å²) in [6.45, 7) is 1.73. The largest absolute Gasteiger partial charge is 0.508 e. The molecule has 0 aliphatic heterocycles. The normalized spacial score (nSPS) is 11.1. The topological polar surface area (TPSA) is 91.2 Å². The molecule has 0 saturated carbocycles. The van der Waals surface area contributed by atoms with Gasteiger partial charge in [-0.1, -0.05) is 12.1 Å². The highest BCUT2D eigenvalue weighted by Gasteiger charge is 2.08. The number of rotatable bonds is 5. The van der Waals surface area contributed by atoms with Gasteiger partial charge in [-0.05, 0) is 36.8 Å². The smallest absolute Gasteiger partial charge is 0.244 e. The van der Waals surface area contributed by atoms with Gasteiger partial charge in [0.05, 0.1) is 19.2 Å². The number of aromatic hydroxyl groups is 2. The van der Waals surface area contributed by atoms with Crippen LogP contribution in [-0.4, -0.2) is 28.9 Å². The number of hydrazone groups is 1. The lowest BCUT2D eigenvalue weighted by molar-refractivity contribution is -0.120. The van der Waals surface area contributed by atoms with Crippen molar-refractivity contribution in [3.8, 4) is 17.2 Å². The lowest BCUT2D eigenvalue weighted by Crippen LogP contribution is -2.21. The van der Waals surface area contributed by atoms with E-state index in [2.05, 4.69) is 10.5 Å². The van der Waals surface area contributed by atoms with Gasteiger partial charge in [-0.25, -0.2) is 5.43 Å². The molecule has 3 N–H and O–H groups in total. The number of hydrogen-bond acceptors (Lipinski definition) is 5. The van der Waals surface area contributed by atoms with Gasteiger partial charge in [-0.2, -0.15) is 5.10 Å². The van der Waals surface area contributed by atoms with Gasteiger partial charge in [-0.3, -0.25) is 4.79 Å². The minimum atomic E-state index is -0.298. The highest BCUT2D eigenvalue weighted by Crippen LogP contribution is 2.24. The van der Waals surface area contributed by atoms with Crippen LogP contribution in [0.25, 0.3) is 0 Å². The molecule has 0 atom stereocenters. The fourth-order valence-electron chi connectivity index (χ4n) is 2.08. The van der Waals surface area contributed by atoms with Crippen LogP contribution in [0.15, 0.2) is 47.6 Å². The number of hydrogen-bond donors (Lipinski definition) is 3. The van der Waals surface area contributed by atoms with Gasteiger partial charge >= 0.3 is 0 Å². The maximum absolute atomic E-state index is 11.9. The van der Waals surface area contributed by atoms with E-state index in [-0.39, 0.29) is 23.8 Å². The van der Waals surface area contributed by atoms with Crippen LogP contribution < -0.4 is 10.2 Å². The van der Waals surface area contributed by atoms with Gasteiger partial charge < -0.3 is 14.9 Å². The SMILES string of the molecule is COc1cc(O)ccc1C(C)=NNC(=O)Cc1cccc(O)c1. The van der Waals surface area contributed by atoms with Gasteiger partial charge in [-0.15, -0.1) is 0 Å². The Morgan fingerprint density at radius 2 is 1.91 bits per heavy atom. The molecule has 23 heavy (non-hydrogen) atoms. The van der Waals surface area contributed by atoms with Crippen molar-refractivity contribution in [1.29, 1.82) is 0 Å². The fourth-order valence-corrected chi connectivity index (χ4v) is 2.08. The fraction of sp³-hybridized carbons (Fsp3) is 0.176. The highest BCUT2D eigenvalue weighted by atomic mass is 16.5. The predicted octanol–water partition coefficient (Wildman–Crippen LogP) is 2.19. The molecule has 0 heterocycles. The van der Waals surface area contributed by atoms with E-state index in [0.29, 0.717) is 22.6 Å². The third-order valence-electron chi connectivity index (χ3n) is 3.20. The van der Waals surface area contributed by atoms with Crippen LogP contribution in [0.2, 0.25) is 0 Å². The first kappa shape index (κ1) is 16.4. The molecule has 0 bridgehead atoms. The van der Waals surface area contributed by atoms with E-state index in [0.717, 1.165) is 0 Å². The van der Waals surface area contributed by atoms with E-state index in [1.165, 1.54) is 25.3 Å². The van der Waals surface area contributed by atoms with Crippen LogP contribution in [0.3, 0.4) is 0 Å². The van der Waals surface area contributed by atoms with Crippen LogP contribution in [0.5, 0.6) is 17.2 Å². The van der Waals surface area contributed by atoms with Gasteiger partial charge in [0.2, 0.25) is 5.91 Å². The van der Waals surface area contributed by atoms with E-state index >= 15 is 0 Å². The summed E-state index contributed by atoms with van der Waals surface area (Å²) in [5.74, 6) is 0.372. The second kappa shape index (κ2) is 7.31. The quantitative estimate of drug-likeness (QED) is 0.583. The molecule has 6 heteroatoms. The number of carbonyl (C=O) groups is 1. The molecule has 0 aliphatic carbocycles. The molecular weight excluding hydrogens is 296 g/mol. The zero-order chi connectivity index (χ0) is 16.8. The average Bonchev–Trinajstić information content (AvgIpc) is 2.52. The van der Waals surface area contributed by atoms with Crippen LogP contribution in [0, 0.1) is 0 Å². The van der Waals surface area contributed by atoms with Crippen molar-refractivity contribution in [2.45, 2.75) is 13.3 Å². The lowest BCUT2D eigenvalue weighted by atomic mass is 10.1. The summed E-state index contributed by atoms with van der Waals surface area (Å²) in [6, 6.07) is 11.1. The second-order valence-corrected chi connectivity index (χ2v) is 4.96. The number of benzene rings is 2. The van der Waals surface area contributed by atoms with E-state index in [4.69, 9.17) is 4.74 Å². The minimum absolute atomic E-state index is 0.0892. The van der Waals surface area contributed by atoms with Crippen molar-refractivity contribution in [2.24, 2.45) is 5.10 Å². The molecule has 0 radical (unpaired) electrons. The summed E-state index contributed by atoms with van der Waals surface area (Å²) >= 11 is 0. The highest BCUT2D eigenvalue weighted by molar-refractivity contribution is 6.01. The summed E-state index contributed by atoms with van der Waals surface area (Å²) < 4.78 is 5.18. The van der Waals surface area contributed by atoms with E-state index in [1.807, 2.05) is 0 Å². The lowest BCUT2D eigenvalue weighted by Gasteiger charge is -2.09. The first-order chi connectivity index (χ1) is 11.0. The number of nitrogens with one attached hydrogen (secondary N) is 1. The summed E-state index contributed by atoms with van der Waals surface area (Å²) in [7, 11) is 1.49. The molecule has 0 fully saturated rings. The van der Waals surface area contributed by atoms with E-state index in [1.54, 1.807) is 31.2 Å². The number of ether oxygens (including phenoxy) is 1. The van der Waals surface area contributed by atoms with Crippen molar-refractivity contribution in [1.82, 2.24) is 5.43 Å². The monoisotopic (exact) mass is 314 g/mol. The molecule has 120 valence electrons. The van der Waals surface area contributed by atoms with Crippen molar-refractivity contribution in [2.75, 3.05) is 7.11 Å². The summed E-state index contributed by atoms with van der Waals surface area (Å²) in [5.41, 5.74) is 4.37. The van der Waals surface area contributed by atoms with Crippen LogP contribution in [0.4, 0.5) is 0 Å². The molecular formula is C17H18N2O4. The molecule has 1 amide bonds. The molecule has 0 aromatic heterocycles. The van der Waals surface area contributed by atoms with Crippen LogP contribution >= 0.6 is 0 Å². The molecule has 2 aromatic carbocycles. The Balaban J connectivity index is 2.06. The molecule has 6 nitrogen and oxygen atoms in total. The number of methoxy groups -OCH3 is 1. The van der Waals surface area contributed by atoms with Gasteiger partial charge in [0.15, 0.2) is 0 Å². The Hall–Kier alpha value is -3.02. The van der Waals surface area contributed by atoms with Crippen molar-refractivity contribution >= 4 is 11.6 Å². The number of phenols is 2. The Morgan fingerprint density at radius 1 is 1.17 bits per heavy atom. The molecule has 2 rings (SSSR count). The second-order valence-electron chi connectivity index (χ2n) is 4.96. The molecule has 0 saturated heterocycles. The number of carbonyl (C=O) groups excluding carboxylic acids is 1. The molecule has 2 aromatic rings. The number of nitrogens with zero attached hydrogens (tertiary/aromatic N) is 1. The third-order valence-corrected chi connectivity index (χ3v) is 3.20. The Morgan fingerprint density at radius 3 is 2.61 bits per heavy atom. The van der Waals surface area contributed by atoms with Gasteiger partial charge in [0.1, 0.15) is 17.2 Å². The van der Waals surface area contributed by atoms with Crippen LogP contribution in [-0.2, 0) is 11.2 Å². The maximum atomic E-state index is 11.9. The maximum Gasteiger partial charge on any atom is 0.244 e. The Bertz CT molecular complexity index is 741. The minimum Gasteiger partial charge on any atom is -0.508 e.